The van der Waals surface area contributed by atoms with Gasteiger partial charge in [-0.25, -0.2) is 0 Å². The predicted molar refractivity (Wildman–Crippen MR) is 69.5 cm³/mol. The summed E-state index contributed by atoms with van der Waals surface area (Å²) in [5, 5.41) is 9.90. The van der Waals surface area contributed by atoms with Crippen LogP contribution in [0.4, 0.5) is 0 Å². The average Bonchev–Trinajstić information content (AvgIpc) is 2.84. The number of ether oxygens (including phenoxy) is 1. The molecule has 4 nitrogen and oxygen atoms in total. The lowest BCUT2D eigenvalue weighted by molar-refractivity contribution is 0.303. The van der Waals surface area contributed by atoms with Gasteiger partial charge in [0, 0.05) is 12.4 Å². The van der Waals surface area contributed by atoms with Crippen LogP contribution in [0.15, 0.2) is 53.2 Å². The maximum atomic E-state index is 9.08. The van der Waals surface area contributed by atoms with E-state index in [4.69, 9.17) is 14.4 Å². The van der Waals surface area contributed by atoms with Gasteiger partial charge in [0.25, 0.3) is 0 Å². The standard InChI is InChI=1S/C15H10N2O2/c16-9-14-15(12-3-1-2-4-13(12)19-14)18-10-11-5-7-17-8-6-11/h1-8H,10H2. The SMILES string of the molecule is N#Cc1oc2ccccc2c1OCc1ccncc1. The zero-order chi connectivity index (χ0) is 13.1. The van der Waals surface area contributed by atoms with Crippen LogP contribution in [0.2, 0.25) is 0 Å². The fraction of sp³-hybridized carbons (Fsp3) is 0.0667. The number of fused-ring (bicyclic) bond motifs is 1. The summed E-state index contributed by atoms with van der Waals surface area (Å²) in [4.78, 5) is 3.95. The summed E-state index contributed by atoms with van der Waals surface area (Å²) < 4.78 is 11.2. The Morgan fingerprint density at radius 3 is 2.74 bits per heavy atom. The summed E-state index contributed by atoms with van der Waals surface area (Å²) in [5.74, 6) is 0.699. The first-order chi connectivity index (χ1) is 9.38. The van der Waals surface area contributed by atoms with Crippen LogP contribution in [0.25, 0.3) is 11.0 Å². The lowest BCUT2D eigenvalue weighted by Gasteiger charge is -2.04. The second kappa shape index (κ2) is 4.83. The maximum Gasteiger partial charge on any atom is 0.246 e. The van der Waals surface area contributed by atoms with E-state index >= 15 is 0 Å². The number of furan rings is 1. The minimum absolute atomic E-state index is 0.204. The van der Waals surface area contributed by atoms with E-state index in [1.54, 1.807) is 12.4 Å². The van der Waals surface area contributed by atoms with E-state index in [0.717, 1.165) is 10.9 Å². The number of nitriles is 1. The summed E-state index contributed by atoms with van der Waals surface area (Å²) in [6.45, 7) is 0.376. The first-order valence-electron chi connectivity index (χ1n) is 5.82. The molecular weight excluding hydrogens is 240 g/mol. The molecular formula is C15H10N2O2. The van der Waals surface area contributed by atoms with Crippen LogP contribution < -0.4 is 4.74 Å². The molecule has 0 aliphatic rings. The van der Waals surface area contributed by atoms with Crippen molar-refractivity contribution in [3.63, 3.8) is 0 Å². The Balaban J connectivity index is 1.94. The van der Waals surface area contributed by atoms with E-state index in [9.17, 15) is 0 Å². The lowest BCUT2D eigenvalue weighted by atomic mass is 10.2. The number of aromatic nitrogens is 1. The van der Waals surface area contributed by atoms with Crippen LogP contribution in [-0.2, 0) is 6.61 Å². The molecule has 92 valence electrons. The number of hydrogen-bond acceptors (Lipinski definition) is 4. The quantitative estimate of drug-likeness (QED) is 0.715. The summed E-state index contributed by atoms with van der Waals surface area (Å²) in [5.41, 5.74) is 1.65. The summed E-state index contributed by atoms with van der Waals surface area (Å²) in [6.07, 6.45) is 3.41. The molecule has 0 amide bonds. The summed E-state index contributed by atoms with van der Waals surface area (Å²) >= 11 is 0. The minimum Gasteiger partial charge on any atom is -0.483 e. The molecule has 0 fully saturated rings. The van der Waals surface area contributed by atoms with Gasteiger partial charge in [0.2, 0.25) is 5.76 Å². The first-order valence-corrected chi connectivity index (χ1v) is 5.82. The second-order valence-electron chi connectivity index (χ2n) is 4.01. The van der Waals surface area contributed by atoms with Gasteiger partial charge in [-0.05, 0) is 29.8 Å². The fourth-order valence-corrected chi connectivity index (χ4v) is 1.87. The van der Waals surface area contributed by atoms with Crippen molar-refractivity contribution in [2.45, 2.75) is 6.61 Å². The van der Waals surface area contributed by atoms with E-state index in [1.807, 2.05) is 42.5 Å². The van der Waals surface area contributed by atoms with Gasteiger partial charge in [-0.2, -0.15) is 5.26 Å². The fourth-order valence-electron chi connectivity index (χ4n) is 1.87. The Labute approximate surface area is 109 Å². The molecule has 4 heteroatoms. The van der Waals surface area contributed by atoms with Crippen LogP contribution in [0.1, 0.15) is 11.3 Å². The van der Waals surface area contributed by atoms with E-state index in [1.165, 1.54) is 0 Å². The number of rotatable bonds is 3. The molecule has 1 aromatic carbocycles. The molecule has 0 aliphatic heterocycles. The maximum absolute atomic E-state index is 9.08. The molecule has 0 unspecified atom stereocenters. The van der Waals surface area contributed by atoms with Crippen LogP contribution in [0.3, 0.4) is 0 Å². The zero-order valence-corrected chi connectivity index (χ0v) is 10.0. The molecule has 0 spiro atoms. The van der Waals surface area contributed by atoms with Gasteiger partial charge in [-0.3, -0.25) is 4.98 Å². The van der Waals surface area contributed by atoms with Crippen molar-refractivity contribution in [3.8, 4) is 11.8 Å². The summed E-state index contributed by atoms with van der Waals surface area (Å²) in [7, 11) is 0. The number of para-hydroxylation sites is 1. The molecule has 0 saturated heterocycles. The average molecular weight is 250 g/mol. The third-order valence-corrected chi connectivity index (χ3v) is 2.78. The Hall–Kier alpha value is -2.80. The molecule has 0 aliphatic carbocycles. The van der Waals surface area contributed by atoms with Crippen molar-refractivity contribution in [2.75, 3.05) is 0 Å². The van der Waals surface area contributed by atoms with Crippen molar-refractivity contribution in [3.05, 3.63) is 60.1 Å². The Bertz CT molecular complexity index is 742. The number of hydrogen-bond donors (Lipinski definition) is 0. The van der Waals surface area contributed by atoms with Crippen LogP contribution in [0, 0.1) is 11.3 Å². The minimum atomic E-state index is 0.204. The Kier molecular flexibility index (Phi) is 2.87. The molecule has 19 heavy (non-hydrogen) atoms. The first kappa shape index (κ1) is 11.3. The van der Waals surface area contributed by atoms with Crippen LogP contribution in [0.5, 0.6) is 5.75 Å². The van der Waals surface area contributed by atoms with Crippen molar-refractivity contribution < 1.29 is 9.15 Å². The third kappa shape index (κ3) is 2.14. The topological polar surface area (TPSA) is 59.0 Å². The molecule has 0 atom stereocenters. The molecule has 3 aromatic rings. The van der Waals surface area contributed by atoms with Gasteiger partial charge in [-0.15, -0.1) is 0 Å². The Morgan fingerprint density at radius 2 is 1.95 bits per heavy atom. The van der Waals surface area contributed by atoms with Gasteiger partial charge in [0.05, 0.1) is 5.39 Å². The van der Waals surface area contributed by atoms with Gasteiger partial charge in [0.15, 0.2) is 5.75 Å². The monoisotopic (exact) mass is 250 g/mol. The second-order valence-corrected chi connectivity index (χ2v) is 4.01. The normalized spacial score (nSPS) is 10.3. The van der Waals surface area contributed by atoms with Gasteiger partial charge < -0.3 is 9.15 Å². The van der Waals surface area contributed by atoms with Crippen molar-refractivity contribution in [2.24, 2.45) is 0 Å². The molecule has 2 heterocycles. The highest BCUT2D eigenvalue weighted by Crippen LogP contribution is 2.32. The Morgan fingerprint density at radius 1 is 1.16 bits per heavy atom. The zero-order valence-electron chi connectivity index (χ0n) is 10.0. The molecule has 2 aromatic heterocycles. The smallest absolute Gasteiger partial charge is 0.246 e. The third-order valence-electron chi connectivity index (χ3n) is 2.78. The predicted octanol–water partition coefficient (Wildman–Crippen LogP) is 3.28. The number of pyridine rings is 1. The summed E-state index contributed by atoms with van der Waals surface area (Å²) in [6, 6.07) is 13.2. The van der Waals surface area contributed by atoms with Crippen LogP contribution >= 0.6 is 0 Å². The van der Waals surface area contributed by atoms with Gasteiger partial charge in [0.1, 0.15) is 18.3 Å². The molecule has 0 bridgehead atoms. The largest absolute Gasteiger partial charge is 0.483 e. The molecule has 3 rings (SSSR count). The number of nitrogens with zero attached hydrogens (tertiary/aromatic N) is 2. The van der Waals surface area contributed by atoms with Crippen molar-refractivity contribution >= 4 is 11.0 Å². The van der Waals surface area contributed by atoms with Gasteiger partial charge >= 0.3 is 0 Å². The lowest BCUT2D eigenvalue weighted by Crippen LogP contribution is -1.96. The van der Waals surface area contributed by atoms with Gasteiger partial charge in [-0.1, -0.05) is 12.1 Å². The van der Waals surface area contributed by atoms with E-state index in [2.05, 4.69) is 4.98 Å². The highest BCUT2D eigenvalue weighted by molar-refractivity contribution is 5.86. The molecule has 0 saturated carbocycles. The van der Waals surface area contributed by atoms with E-state index in [-0.39, 0.29) is 5.76 Å². The van der Waals surface area contributed by atoms with E-state index in [0.29, 0.717) is 17.9 Å². The highest BCUT2D eigenvalue weighted by Gasteiger charge is 2.14. The molecule has 0 radical (unpaired) electrons. The van der Waals surface area contributed by atoms with Crippen LogP contribution in [-0.4, -0.2) is 4.98 Å². The van der Waals surface area contributed by atoms with E-state index < -0.39 is 0 Å². The van der Waals surface area contributed by atoms with Crippen molar-refractivity contribution in [1.29, 1.82) is 5.26 Å². The van der Waals surface area contributed by atoms with Crippen molar-refractivity contribution in [1.82, 2.24) is 4.98 Å². The molecule has 0 N–H and O–H groups in total. The number of benzene rings is 1. The highest BCUT2D eigenvalue weighted by atomic mass is 16.5.